The van der Waals surface area contributed by atoms with Gasteiger partial charge in [0.25, 0.3) is 0 Å². The number of ether oxygens (including phenoxy) is 2. The van der Waals surface area contributed by atoms with Crippen LogP contribution < -0.4 is 14.8 Å². The summed E-state index contributed by atoms with van der Waals surface area (Å²) in [5.41, 5.74) is 1.12. The molecule has 0 fully saturated rings. The van der Waals surface area contributed by atoms with Crippen LogP contribution in [-0.2, 0) is 0 Å². The highest BCUT2D eigenvalue weighted by Gasteiger charge is 2.10. The van der Waals surface area contributed by atoms with Crippen LogP contribution in [0.25, 0.3) is 0 Å². The molecule has 0 saturated heterocycles. The molecular formula is C17H28N2O3. The molecule has 0 atom stereocenters. The Morgan fingerprint density at radius 2 is 1.86 bits per heavy atom. The van der Waals surface area contributed by atoms with E-state index < -0.39 is 0 Å². The van der Waals surface area contributed by atoms with E-state index in [0.29, 0.717) is 24.7 Å². The van der Waals surface area contributed by atoms with Gasteiger partial charge in [0.1, 0.15) is 6.61 Å². The number of benzene rings is 1. The van der Waals surface area contributed by atoms with E-state index in [-0.39, 0.29) is 6.03 Å². The van der Waals surface area contributed by atoms with Gasteiger partial charge in [0.05, 0.1) is 13.7 Å². The summed E-state index contributed by atoms with van der Waals surface area (Å²) in [5, 5.41) is 2.89. The Morgan fingerprint density at radius 1 is 1.18 bits per heavy atom. The lowest BCUT2D eigenvalue weighted by Crippen LogP contribution is -2.42. The average Bonchev–Trinajstić information content (AvgIpc) is 2.52. The van der Waals surface area contributed by atoms with E-state index in [4.69, 9.17) is 9.47 Å². The molecule has 0 heterocycles. The van der Waals surface area contributed by atoms with Crippen molar-refractivity contribution in [2.45, 2.75) is 33.6 Å². The molecule has 1 aromatic rings. The molecular weight excluding hydrogens is 280 g/mol. The molecule has 5 nitrogen and oxygen atoms in total. The minimum atomic E-state index is -0.0248. The first-order chi connectivity index (χ1) is 10.6. The van der Waals surface area contributed by atoms with Crippen molar-refractivity contribution in [3.05, 3.63) is 23.8 Å². The van der Waals surface area contributed by atoms with Gasteiger partial charge in [0.2, 0.25) is 0 Å². The first-order valence-electron chi connectivity index (χ1n) is 7.92. The highest BCUT2D eigenvalue weighted by Crippen LogP contribution is 2.27. The zero-order chi connectivity index (χ0) is 16.4. The maximum absolute atomic E-state index is 12.0. The van der Waals surface area contributed by atoms with E-state index in [0.717, 1.165) is 31.5 Å². The molecule has 0 radical (unpaired) electrons. The summed E-state index contributed by atoms with van der Waals surface area (Å²) >= 11 is 0. The van der Waals surface area contributed by atoms with Crippen molar-refractivity contribution in [1.82, 2.24) is 10.2 Å². The summed E-state index contributed by atoms with van der Waals surface area (Å²) < 4.78 is 11.0. The molecule has 22 heavy (non-hydrogen) atoms. The lowest BCUT2D eigenvalue weighted by atomic mass is 10.2. The summed E-state index contributed by atoms with van der Waals surface area (Å²) in [6.07, 6.45) is 1.93. The van der Waals surface area contributed by atoms with Gasteiger partial charge in [-0.25, -0.2) is 4.79 Å². The van der Waals surface area contributed by atoms with E-state index in [9.17, 15) is 4.79 Å². The number of nitrogens with one attached hydrogen (secondary N) is 1. The summed E-state index contributed by atoms with van der Waals surface area (Å²) in [7, 11) is 1.62. The topological polar surface area (TPSA) is 50.8 Å². The van der Waals surface area contributed by atoms with E-state index >= 15 is 0 Å². The summed E-state index contributed by atoms with van der Waals surface area (Å²) in [6, 6.07) is 5.76. The largest absolute Gasteiger partial charge is 0.493 e. The number of hydrogen-bond acceptors (Lipinski definition) is 3. The first-order valence-corrected chi connectivity index (χ1v) is 7.92. The van der Waals surface area contributed by atoms with Crippen LogP contribution in [-0.4, -0.2) is 44.3 Å². The molecule has 5 heteroatoms. The predicted octanol–water partition coefficient (Wildman–Crippen LogP) is 3.21. The second kappa shape index (κ2) is 9.92. The van der Waals surface area contributed by atoms with Gasteiger partial charge in [0, 0.05) is 13.1 Å². The van der Waals surface area contributed by atoms with Crippen molar-refractivity contribution in [1.29, 1.82) is 0 Å². The number of amides is 2. The van der Waals surface area contributed by atoms with E-state index in [1.54, 1.807) is 7.11 Å². The van der Waals surface area contributed by atoms with E-state index in [2.05, 4.69) is 19.2 Å². The standard InChI is InChI=1S/C17H28N2O3/c1-5-10-19(11-6-2)17(20)18-9-12-22-15-8-7-14(3)13-16(15)21-4/h7-8,13H,5-6,9-12H2,1-4H3,(H,18,20). The zero-order valence-electron chi connectivity index (χ0n) is 14.1. The fourth-order valence-electron chi connectivity index (χ4n) is 2.18. The molecule has 0 aliphatic rings. The van der Waals surface area contributed by atoms with Crippen molar-refractivity contribution in [2.24, 2.45) is 0 Å². The highest BCUT2D eigenvalue weighted by atomic mass is 16.5. The van der Waals surface area contributed by atoms with Crippen molar-refractivity contribution in [3.8, 4) is 11.5 Å². The Bertz CT molecular complexity index is 457. The third-order valence-electron chi connectivity index (χ3n) is 3.23. The molecule has 0 unspecified atom stereocenters. The van der Waals surface area contributed by atoms with Crippen molar-refractivity contribution < 1.29 is 14.3 Å². The average molecular weight is 308 g/mol. The van der Waals surface area contributed by atoms with Crippen molar-refractivity contribution in [2.75, 3.05) is 33.4 Å². The molecule has 124 valence electrons. The molecule has 0 saturated carbocycles. The monoisotopic (exact) mass is 308 g/mol. The maximum atomic E-state index is 12.0. The number of urea groups is 1. The molecule has 0 bridgehead atoms. The predicted molar refractivity (Wildman–Crippen MR) is 88.8 cm³/mol. The van der Waals surface area contributed by atoms with Crippen LogP contribution in [0.5, 0.6) is 11.5 Å². The van der Waals surface area contributed by atoms with Crippen LogP contribution in [0.15, 0.2) is 18.2 Å². The highest BCUT2D eigenvalue weighted by molar-refractivity contribution is 5.74. The zero-order valence-corrected chi connectivity index (χ0v) is 14.1. The summed E-state index contributed by atoms with van der Waals surface area (Å²) in [6.45, 7) is 8.60. The minimum absolute atomic E-state index is 0.0248. The van der Waals surface area contributed by atoms with Crippen LogP contribution in [0.3, 0.4) is 0 Å². The Morgan fingerprint density at radius 3 is 2.45 bits per heavy atom. The van der Waals surface area contributed by atoms with Crippen LogP contribution >= 0.6 is 0 Å². The Labute approximate surface area is 133 Å². The van der Waals surface area contributed by atoms with Crippen molar-refractivity contribution in [3.63, 3.8) is 0 Å². The number of nitrogens with zero attached hydrogens (tertiary/aromatic N) is 1. The maximum Gasteiger partial charge on any atom is 0.317 e. The lowest BCUT2D eigenvalue weighted by molar-refractivity contribution is 0.194. The molecule has 0 spiro atoms. The molecule has 1 rings (SSSR count). The van der Waals surface area contributed by atoms with Gasteiger partial charge < -0.3 is 19.7 Å². The van der Waals surface area contributed by atoms with Gasteiger partial charge in [-0.1, -0.05) is 19.9 Å². The summed E-state index contributed by atoms with van der Waals surface area (Å²) in [5.74, 6) is 1.41. The van der Waals surface area contributed by atoms with Gasteiger partial charge in [0.15, 0.2) is 11.5 Å². The van der Waals surface area contributed by atoms with Gasteiger partial charge in [-0.15, -0.1) is 0 Å². The molecule has 0 aliphatic carbocycles. The lowest BCUT2D eigenvalue weighted by Gasteiger charge is -2.22. The normalized spacial score (nSPS) is 10.2. The smallest absolute Gasteiger partial charge is 0.317 e. The number of hydrogen-bond donors (Lipinski definition) is 1. The summed E-state index contributed by atoms with van der Waals surface area (Å²) in [4.78, 5) is 13.9. The van der Waals surface area contributed by atoms with Gasteiger partial charge in [-0.2, -0.15) is 0 Å². The van der Waals surface area contributed by atoms with E-state index in [1.165, 1.54) is 0 Å². The second-order valence-corrected chi connectivity index (χ2v) is 5.22. The number of rotatable bonds is 9. The molecule has 0 aromatic heterocycles. The Kier molecular flexibility index (Phi) is 8.18. The fraction of sp³-hybridized carbons (Fsp3) is 0.588. The molecule has 2 amide bonds. The molecule has 1 aromatic carbocycles. The molecule has 1 N–H and O–H groups in total. The Balaban J connectivity index is 2.39. The SMILES string of the molecule is CCCN(CCC)C(=O)NCCOc1ccc(C)cc1OC. The number of carbonyl (C=O) groups excluding carboxylic acids is 1. The fourth-order valence-corrected chi connectivity index (χ4v) is 2.18. The van der Waals surface area contributed by atoms with Gasteiger partial charge >= 0.3 is 6.03 Å². The third-order valence-corrected chi connectivity index (χ3v) is 3.23. The first kappa shape index (κ1) is 18.1. The van der Waals surface area contributed by atoms with Gasteiger partial charge in [-0.3, -0.25) is 0 Å². The van der Waals surface area contributed by atoms with Crippen LogP contribution in [0.2, 0.25) is 0 Å². The number of methoxy groups -OCH3 is 1. The second-order valence-electron chi connectivity index (χ2n) is 5.22. The van der Waals surface area contributed by atoms with Gasteiger partial charge in [-0.05, 0) is 37.5 Å². The number of aryl methyl sites for hydroxylation is 1. The van der Waals surface area contributed by atoms with E-state index in [1.807, 2.05) is 30.0 Å². The third kappa shape index (κ3) is 5.84. The van der Waals surface area contributed by atoms with Crippen molar-refractivity contribution >= 4 is 6.03 Å². The molecule has 0 aliphatic heterocycles. The number of carbonyl (C=O) groups is 1. The quantitative estimate of drug-likeness (QED) is 0.713. The van der Waals surface area contributed by atoms with Crippen LogP contribution in [0.4, 0.5) is 4.79 Å². The Hall–Kier alpha value is -1.91. The van der Waals surface area contributed by atoms with Crippen LogP contribution in [0.1, 0.15) is 32.3 Å². The van der Waals surface area contributed by atoms with Crippen LogP contribution in [0, 0.1) is 6.92 Å². The minimum Gasteiger partial charge on any atom is -0.493 e.